The number of carbonyl (C=O) groups excluding carboxylic acids is 1. The highest BCUT2D eigenvalue weighted by atomic mass is 16.2. The average Bonchev–Trinajstić information content (AvgIpc) is 2.03. The smallest absolute Gasteiger partial charge is 0.219 e. The number of hydrogen-bond donors (Lipinski definition) is 0. The van der Waals surface area contributed by atoms with Crippen LogP contribution in [0.15, 0.2) is 0 Å². The van der Waals surface area contributed by atoms with Crippen molar-refractivity contribution in [2.24, 2.45) is 0 Å². The molecule has 0 N–H and O–H groups in total. The summed E-state index contributed by atoms with van der Waals surface area (Å²) in [4.78, 5) is 14.4. The molecule has 0 heterocycles. The molecule has 0 rings (SSSR count). The Hall–Kier alpha value is -0.570. The van der Waals surface area contributed by atoms with Gasteiger partial charge in [0.25, 0.3) is 0 Å². The second kappa shape index (κ2) is 8.53. The minimum atomic E-state index is 0.127. The number of likely N-dealkylation sites (N-methyl/N-ethyl adjacent to an activating group) is 2. The van der Waals surface area contributed by atoms with Crippen LogP contribution >= 0.6 is 0 Å². The molecule has 1 amide bonds. The van der Waals surface area contributed by atoms with Crippen LogP contribution in [0.2, 0.25) is 0 Å². The molecule has 0 aromatic rings. The summed E-state index contributed by atoms with van der Waals surface area (Å²) >= 11 is 0. The minimum absolute atomic E-state index is 0.127. The van der Waals surface area contributed by atoms with Gasteiger partial charge < -0.3 is 9.80 Å². The summed E-state index contributed by atoms with van der Waals surface area (Å²) in [6.07, 6.45) is 0. The van der Waals surface area contributed by atoms with Gasteiger partial charge in [-0.25, -0.2) is 0 Å². The Balaban J connectivity index is 0. The summed E-state index contributed by atoms with van der Waals surface area (Å²) in [7, 11) is 5.80. The van der Waals surface area contributed by atoms with Gasteiger partial charge in [0.1, 0.15) is 0 Å². The minimum Gasteiger partial charge on any atom is -0.345 e. The third-order valence-electron chi connectivity index (χ3n) is 1.42. The fraction of sp³-hybridized carbons (Fsp3) is 0.889. The van der Waals surface area contributed by atoms with E-state index in [9.17, 15) is 4.79 Å². The summed E-state index contributed by atoms with van der Waals surface area (Å²) < 4.78 is 0. The quantitative estimate of drug-likeness (QED) is 0.638. The summed E-state index contributed by atoms with van der Waals surface area (Å²) in [6.45, 7) is 7.31. The zero-order valence-electron chi connectivity index (χ0n) is 9.22. The van der Waals surface area contributed by atoms with Gasteiger partial charge >= 0.3 is 0 Å². The standard InChI is InChI=1S/C7H16N2O.C2H6/c1-7(10)9(4)6-5-8(2)3;1-2/h5-6H2,1-4H3;1-2H3. The van der Waals surface area contributed by atoms with Gasteiger partial charge in [0.2, 0.25) is 5.91 Å². The van der Waals surface area contributed by atoms with Crippen molar-refractivity contribution in [3.63, 3.8) is 0 Å². The van der Waals surface area contributed by atoms with E-state index >= 15 is 0 Å². The zero-order valence-corrected chi connectivity index (χ0v) is 9.22. The molecule has 0 unspecified atom stereocenters. The van der Waals surface area contributed by atoms with Crippen LogP contribution in [0.1, 0.15) is 20.8 Å². The van der Waals surface area contributed by atoms with E-state index in [1.807, 2.05) is 35.0 Å². The lowest BCUT2D eigenvalue weighted by Gasteiger charge is -2.17. The summed E-state index contributed by atoms with van der Waals surface area (Å²) in [5, 5.41) is 0. The Morgan fingerprint density at radius 3 is 1.75 bits per heavy atom. The molecule has 0 aromatic carbocycles. The van der Waals surface area contributed by atoms with E-state index in [1.54, 1.807) is 11.8 Å². The molecule has 0 radical (unpaired) electrons. The molecule has 0 spiro atoms. The molecule has 0 saturated carbocycles. The lowest BCUT2D eigenvalue weighted by molar-refractivity contribution is -0.127. The summed E-state index contributed by atoms with van der Waals surface area (Å²) in [5.74, 6) is 0.127. The molecule has 3 nitrogen and oxygen atoms in total. The van der Waals surface area contributed by atoms with Crippen molar-refractivity contribution in [2.75, 3.05) is 34.2 Å². The van der Waals surface area contributed by atoms with Crippen LogP contribution in [-0.2, 0) is 4.79 Å². The van der Waals surface area contributed by atoms with Crippen LogP contribution in [0.3, 0.4) is 0 Å². The Labute approximate surface area is 76.3 Å². The van der Waals surface area contributed by atoms with Crippen LogP contribution in [0.25, 0.3) is 0 Å². The highest BCUT2D eigenvalue weighted by Gasteiger charge is 2.00. The first-order valence-electron chi connectivity index (χ1n) is 4.40. The van der Waals surface area contributed by atoms with E-state index in [0.29, 0.717) is 0 Å². The lowest BCUT2D eigenvalue weighted by Crippen LogP contribution is -2.31. The molecular weight excluding hydrogens is 152 g/mol. The Kier molecular flexibility index (Phi) is 9.93. The van der Waals surface area contributed by atoms with Crippen LogP contribution in [0, 0.1) is 0 Å². The second-order valence-corrected chi connectivity index (χ2v) is 2.74. The first-order valence-corrected chi connectivity index (χ1v) is 4.40. The van der Waals surface area contributed by atoms with Gasteiger partial charge in [0, 0.05) is 27.1 Å². The van der Waals surface area contributed by atoms with Crippen LogP contribution in [-0.4, -0.2) is 49.9 Å². The van der Waals surface area contributed by atoms with Crippen molar-refractivity contribution in [3.05, 3.63) is 0 Å². The first-order chi connectivity index (χ1) is 5.54. The largest absolute Gasteiger partial charge is 0.345 e. The van der Waals surface area contributed by atoms with E-state index in [2.05, 4.69) is 4.90 Å². The highest BCUT2D eigenvalue weighted by Crippen LogP contribution is 1.83. The molecule has 0 atom stereocenters. The molecule has 3 heteroatoms. The number of amides is 1. The maximum absolute atomic E-state index is 10.7. The Morgan fingerprint density at radius 2 is 1.50 bits per heavy atom. The molecule has 0 aliphatic rings. The van der Waals surface area contributed by atoms with Gasteiger partial charge in [-0.3, -0.25) is 4.79 Å². The van der Waals surface area contributed by atoms with Crippen LogP contribution < -0.4 is 0 Å². The zero-order chi connectivity index (χ0) is 10.1. The average molecular weight is 174 g/mol. The normalized spacial score (nSPS) is 8.92. The van der Waals surface area contributed by atoms with Gasteiger partial charge in [-0.1, -0.05) is 13.8 Å². The third kappa shape index (κ3) is 9.43. The molecular formula is C9H22N2O. The first kappa shape index (κ1) is 14.0. The van der Waals surface area contributed by atoms with Gasteiger partial charge in [-0.2, -0.15) is 0 Å². The number of carbonyl (C=O) groups is 1. The van der Waals surface area contributed by atoms with Crippen molar-refractivity contribution in [1.82, 2.24) is 9.80 Å². The van der Waals surface area contributed by atoms with Crippen molar-refractivity contribution in [1.29, 1.82) is 0 Å². The van der Waals surface area contributed by atoms with Gasteiger partial charge in [-0.15, -0.1) is 0 Å². The van der Waals surface area contributed by atoms with Crippen LogP contribution in [0.5, 0.6) is 0 Å². The van der Waals surface area contributed by atoms with E-state index in [0.717, 1.165) is 13.1 Å². The molecule has 0 aliphatic carbocycles. The van der Waals surface area contributed by atoms with Crippen molar-refractivity contribution < 1.29 is 4.79 Å². The van der Waals surface area contributed by atoms with Gasteiger partial charge in [0.15, 0.2) is 0 Å². The highest BCUT2D eigenvalue weighted by molar-refractivity contribution is 5.72. The van der Waals surface area contributed by atoms with Gasteiger partial charge in [-0.05, 0) is 14.1 Å². The van der Waals surface area contributed by atoms with Crippen LogP contribution in [0.4, 0.5) is 0 Å². The SMILES string of the molecule is CC.CC(=O)N(C)CCN(C)C. The van der Waals surface area contributed by atoms with E-state index in [-0.39, 0.29) is 5.91 Å². The van der Waals surface area contributed by atoms with Crippen molar-refractivity contribution >= 4 is 5.91 Å². The molecule has 74 valence electrons. The molecule has 0 aliphatic heterocycles. The number of hydrogen-bond acceptors (Lipinski definition) is 2. The number of rotatable bonds is 3. The molecule has 0 fully saturated rings. The fourth-order valence-electron chi connectivity index (χ4n) is 0.507. The third-order valence-corrected chi connectivity index (χ3v) is 1.42. The Morgan fingerprint density at radius 1 is 1.08 bits per heavy atom. The van der Waals surface area contributed by atoms with E-state index in [1.165, 1.54) is 0 Å². The van der Waals surface area contributed by atoms with Gasteiger partial charge in [0.05, 0.1) is 0 Å². The van der Waals surface area contributed by atoms with Crippen molar-refractivity contribution in [2.45, 2.75) is 20.8 Å². The summed E-state index contributed by atoms with van der Waals surface area (Å²) in [5.41, 5.74) is 0. The summed E-state index contributed by atoms with van der Waals surface area (Å²) in [6, 6.07) is 0. The van der Waals surface area contributed by atoms with E-state index in [4.69, 9.17) is 0 Å². The molecule has 0 saturated heterocycles. The van der Waals surface area contributed by atoms with E-state index < -0.39 is 0 Å². The molecule has 0 bridgehead atoms. The topological polar surface area (TPSA) is 23.6 Å². The Bertz CT molecular complexity index is 113. The predicted octanol–water partition coefficient (Wildman–Crippen LogP) is 1.05. The maximum Gasteiger partial charge on any atom is 0.219 e. The fourth-order valence-corrected chi connectivity index (χ4v) is 0.507. The molecule has 12 heavy (non-hydrogen) atoms. The lowest BCUT2D eigenvalue weighted by atomic mass is 10.5. The second-order valence-electron chi connectivity index (χ2n) is 2.74. The monoisotopic (exact) mass is 174 g/mol. The number of nitrogens with zero attached hydrogens (tertiary/aromatic N) is 2. The predicted molar refractivity (Wildman–Crippen MR) is 53.2 cm³/mol. The maximum atomic E-state index is 10.7. The molecule has 0 aromatic heterocycles. The van der Waals surface area contributed by atoms with Crippen molar-refractivity contribution in [3.8, 4) is 0 Å².